The normalized spacial score (nSPS) is 17.4. The predicted molar refractivity (Wildman–Crippen MR) is 122 cm³/mol. The molecule has 12 heteroatoms. The van der Waals surface area contributed by atoms with Crippen LogP contribution in [0.25, 0.3) is 0 Å². The first-order chi connectivity index (χ1) is 15.8. The molecule has 0 bridgehead atoms. The van der Waals surface area contributed by atoms with Crippen molar-refractivity contribution in [2.75, 3.05) is 18.4 Å². The van der Waals surface area contributed by atoms with Crippen molar-refractivity contribution in [3.8, 4) is 0 Å². The lowest BCUT2D eigenvalue weighted by Gasteiger charge is -2.30. The van der Waals surface area contributed by atoms with Crippen LogP contribution in [0.3, 0.4) is 0 Å². The third-order valence-corrected chi connectivity index (χ3v) is 7.82. The van der Waals surface area contributed by atoms with E-state index in [1.165, 1.54) is 4.31 Å². The Kier molecular flexibility index (Phi) is 6.66. The van der Waals surface area contributed by atoms with E-state index in [2.05, 4.69) is 20.6 Å². The van der Waals surface area contributed by atoms with Gasteiger partial charge in [0.15, 0.2) is 0 Å². The molecule has 4 rings (SSSR count). The van der Waals surface area contributed by atoms with Crippen molar-refractivity contribution in [1.29, 1.82) is 0 Å². The number of nitrogens with one attached hydrogen (secondary N) is 1. The molecule has 1 fully saturated rings. The largest absolute Gasteiger partial charge is 0.323 e. The average molecular weight is 475 g/mol. The SMILES string of the molecule is CCn1cc(Cn2cc(NC(=O)C3CCCN(S(=O)(=O)c4cn(CC)nc4C)C3)cn2)cn1. The van der Waals surface area contributed by atoms with E-state index in [1.807, 2.05) is 24.7 Å². The van der Waals surface area contributed by atoms with Crippen LogP contribution in [0.2, 0.25) is 0 Å². The zero-order chi connectivity index (χ0) is 23.6. The highest BCUT2D eigenvalue weighted by molar-refractivity contribution is 7.89. The van der Waals surface area contributed by atoms with Crippen LogP contribution < -0.4 is 5.32 Å². The monoisotopic (exact) mass is 474 g/mol. The summed E-state index contributed by atoms with van der Waals surface area (Å²) in [6.07, 6.45) is 9.94. The topological polar surface area (TPSA) is 120 Å². The number of carbonyl (C=O) groups is 1. The maximum atomic E-state index is 13.2. The van der Waals surface area contributed by atoms with E-state index in [9.17, 15) is 13.2 Å². The Labute approximate surface area is 193 Å². The predicted octanol–water partition coefficient (Wildman–Crippen LogP) is 1.71. The lowest BCUT2D eigenvalue weighted by molar-refractivity contribution is -0.120. The maximum absolute atomic E-state index is 13.2. The summed E-state index contributed by atoms with van der Waals surface area (Å²) in [4.78, 5) is 13.1. The van der Waals surface area contributed by atoms with Gasteiger partial charge in [-0.05, 0) is 33.6 Å². The lowest BCUT2D eigenvalue weighted by atomic mass is 9.99. The van der Waals surface area contributed by atoms with E-state index in [-0.39, 0.29) is 17.3 Å². The van der Waals surface area contributed by atoms with Crippen molar-refractivity contribution in [3.63, 3.8) is 0 Å². The lowest BCUT2D eigenvalue weighted by Crippen LogP contribution is -2.43. The molecule has 4 heterocycles. The molecule has 1 unspecified atom stereocenters. The molecule has 178 valence electrons. The molecule has 0 aliphatic carbocycles. The molecule has 0 saturated carbocycles. The van der Waals surface area contributed by atoms with Crippen LogP contribution in [-0.2, 0) is 34.5 Å². The van der Waals surface area contributed by atoms with Gasteiger partial charge in [-0.15, -0.1) is 0 Å². The molecule has 0 spiro atoms. The van der Waals surface area contributed by atoms with Crippen LogP contribution in [0.4, 0.5) is 5.69 Å². The van der Waals surface area contributed by atoms with Crippen LogP contribution in [0.15, 0.2) is 35.9 Å². The van der Waals surface area contributed by atoms with Crippen molar-refractivity contribution in [3.05, 3.63) is 42.2 Å². The Morgan fingerprint density at radius 1 is 1.09 bits per heavy atom. The van der Waals surface area contributed by atoms with Crippen molar-refractivity contribution in [2.45, 2.75) is 58.1 Å². The third-order valence-electron chi connectivity index (χ3n) is 5.85. The molecular weight excluding hydrogens is 444 g/mol. The van der Waals surface area contributed by atoms with Crippen molar-refractivity contribution in [1.82, 2.24) is 33.6 Å². The fourth-order valence-electron chi connectivity index (χ4n) is 4.04. The molecule has 1 aliphatic heterocycles. The standard InChI is InChI=1S/C21H30N8O3S/c1-4-26-11-17(9-22-26)12-28-14-19(10-23-28)24-21(30)18-7-6-8-29(13-18)33(31,32)20-15-27(5-2)25-16(20)3/h9-11,14-15,18H,4-8,12-13H2,1-3H3,(H,24,30). The summed E-state index contributed by atoms with van der Waals surface area (Å²) in [6, 6.07) is 0. The van der Waals surface area contributed by atoms with Crippen LogP contribution in [0.5, 0.6) is 0 Å². The molecule has 33 heavy (non-hydrogen) atoms. The fraction of sp³-hybridized carbons (Fsp3) is 0.524. The smallest absolute Gasteiger partial charge is 0.246 e. The number of piperidine rings is 1. The fourth-order valence-corrected chi connectivity index (χ4v) is 5.73. The van der Waals surface area contributed by atoms with Gasteiger partial charge in [-0.25, -0.2) is 8.42 Å². The molecule has 1 saturated heterocycles. The zero-order valence-corrected chi connectivity index (χ0v) is 20.0. The molecule has 1 aliphatic rings. The zero-order valence-electron chi connectivity index (χ0n) is 19.2. The van der Waals surface area contributed by atoms with E-state index >= 15 is 0 Å². The summed E-state index contributed by atoms with van der Waals surface area (Å²) in [5.74, 6) is -0.629. The number of nitrogens with zero attached hydrogens (tertiary/aromatic N) is 7. The number of rotatable bonds is 8. The minimum Gasteiger partial charge on any atom is -0.323 e. The molecule has 3 aromatic heterocycles. The summed E-state index contributed by atoms with van der Waals surface area (Å²) in [5.41, 5.74) is 2.08. The van der Waals surface area contributed by atoms with Crippen molar-refractivity contribution in [2.24, 2.45) is 5.92 Å². The van der Waals surface area contributed by atoms with Gasteiger partial charge in [0.2, 0.25) is 15.9 Å². The molecule has 1 amide bonds. The molecule has 1 atom stereocenters. The first-order valence-electron chi connectivity index (χ1n) is 11.2. The minimum absolute atomic E-state index is 0.148. The van der Waals surface area contributed by atoms with Gasteiger partial charge in [0.25, 0.3) is 0 Å². The highest BCUT2D eigenvalue weighted by Crippen LogP contribution is 2.26. The van der Waals surface area contributed by atoms with Gasteiger partial charge < -0.3 is 5.32 Å². The van der Waals surface area contributed by atoms with Crippen LogP contribution in [0, 0.1) is 12.8 Å². The van der Waals surface area contributed by atoms with Gasteiger partial charge >= 0.3 is 0 Å². The molecule has 0 radical (unpaired) electrons. The Morgan fingerprint density at radius 3 is 2.55 bits per heavy atom. The highest BCUT2D eigenvalue weighted by atomic mass is 32.2. The minimum atomic E-state index is -3.71. The maximum Gasteiger partial charge on any atom is 0.246 e. The van der Waals surface area contributed by atoms with Crippen molar-refractivity contribution < 1.29 is 13.2 Å². The molecule has 1 N–H and O–H groups in total. The van der Waals surface area contributed by atoms with E-state index < -0.39 is 15.9 Å². The van der Waals surface area contributed by atoms with E-state index in [1.54, 1.807) is 41.1 Å². The van der Waals surface area contributed by atoms with E-state index in [4.69, 9.17) is 0 Å². The van der Waals surface area contributed by atoms with Gasteiger partial charge in [-0.1, -0.05) is 0 Å². The van der Waals surface area contributed by atoms with Crippen LogP contribution in [0.1, 0.15) is 37.9 Å². The molecule has 11 nitrogen and oxygen atoms in total. The number of sulfonamides is 1. The quantitative estimate of drug-likeness (QED) is 0.531. The van der Waals surface area contributed by atoms with Gasteiger partial charge in [-0.2, -0.15) is 19.6 Å². The number of aromatic nitrogens is 6. The Hall–Kier alpha value is -2.99. The van der Waals surface area contributed by atoms with Gasteiger partial charge in [0.1, 0.15) is 4.90 Å². The van der Waals surface area contributed by atoms with Gasteiger partial charge in [0.05, 0.1) is 36.2 Å². The third kappa shape index (κ3) is 5.01. The number of anilines is 1. The molecule has 0 aromatic carbocycles. The second kappa shape index (κ2) is 9.48. The van der Waals surface area contributed by atoms with E-state index in [0.717, 1.165) is 12.1 Å². The van der Waals surface area contributed by atoms with Gasteiger partial charge in [0, 0.05) is 50.3 Å². The summed E-state index contributed by atoms with van der Waals surface area (Å²) in [5, 5.41) is 15.7. The highest BCUT2D eigenvalue weighted by Gasteiger charge is 2.35. The number of aryl methyl sites for hydroxylation is 3. The van der Waals surface area contributed by atoms with Gasteiger partial charge in [-0.3, -0.25) is 18.8 Å². The Bertz CT molecular complexity index is 1230. The number of hydrogen-bond donors (Lipinski definition) is 1. The van der Waals surface area contributed by atoms with Crippen molar-refractivity contribution >= 4 is 21.6 Å². The van der Waals surface area contributed by atoms with Crippen LogP contribution in [-0.4, -0.2) is 61.1 Å². The summed E-state index contributed by atoms with van der Waals surface area (Å²) < 4.78 is 33.0. The Morgan fingerprint density at radius 2 is 1.85 bits per heavy atom. The number of carbonyl (C=O) groups excluding carboxylic acids is 1. The number of amides is 1. The van der Waals surface area contributed by atoms with Crippen LogP contribution >= 0.6 is 0 Å². The first-order valence-corrected chi connectivity index (χ1v) is 12.6. The van der Waals surface area contributed by atoms with E-state index in [0.29, 0.717) is 43.9 Å². The summed E-state index contributed by atoms with van der Waals surface area (Å²) in [7, 11) is -3.71. The molecular formula is C21H30N8O3S. The summed E-state index contributed by atoms with van der Waals surface area (Å²) >= 11 is 0. The average Bonchev–Trinajstić information content (AvgIpc) is 3.54. The molecule has 3 aromatic rings. The second-order valence-electron chi connectivity index (χ2n) is 8.26. The summed E-state index contributed by atoms with van der Waals surface area (Å²) in [6.45, 7) is 8.11. The number of hydrogen-bond acceptors (Lipinski definition) is 6. The Balaban J connectivity index is 1.40. The second-order valence-corrected chi connectivity index (χ2v) is 10.2. The first kappa shape index (κ1) is 23.2.